The number of allylic oxidation sites excluding steroid dienone is 1. The molecule has 1 saturated heterocycles. The van der Waals surface area contributed by atoms with Crippen molar-refractivity contribution >= 4 is 12.1 Å². The van der Waals surface area contributed by atoms with Gasteiger partial charge < -0.3 is 19.7 Å². The number of piperidine rings is 1. The Morgan fingerprint density at radius 2 is 1.85 bits per heavy atom. The first-order valence-corrected chi connectivity index (χ1v) is 10.6. The van der Waals surface area contributed by atoms with Crippen LogP contribution >= 0.6 is 0 Å². The van der Waals surface area contributed by atoms with Gasteiger partial charge in [-0.1, -0.05) is 6.07 Å². The molecule has 1 aromatic carbocycles. The van der Waals surface area contributed by atoms with E-state index in [0.29, 0.717) is 17.1 Å². The second-order valence-electron chi connectivity index (χ2n) is 7.43. The van der Waals surface area contributed by atoms with Gasteiger partial charge in [0.25, 0.3) is 0 Å². The first-order valence-electron chi connectivity index (χ1n) is 10.6. The van der Waals surface area contributed by atoms with Crippen LogP contribution in [0.1, 0.15) is 12.8 Å². The average molecular weight is 468 g/mol. The van der Waals surface area contributed by atoms with Crippen molar-refractivity contribution in [3.05, 3.63) is 61.3 Å². The van der Waals surface area contributed by atoms with Gasteiger partial charge in [-0.25, -0.2) is 15.0 Å². The lowest BCUT2D eigenvalue weighted by Gasteiger charge is -2.31. The van der Waals surface area contributed by atoms with Crippen molar-refractivity contribution in [3.63, 3.8) is 0 Å². The van der Waals surface area contributed by atoms with Crippen molar-refractivity contribution in [2.24, 2.45) is 0 Å². The first-order chi connectivity index (χ1) is 16.6. The predicted molar refractivity (Wildman–Crippen MR) is 120 cm³/mol. The van der Waals surface area contributed by atoms with Gasteiger partial charge in [-0.3, -0.25) is 9.78 Å². The number of hydrogen-bond acceptors (Lipinski definition) is 9. The highest BCUT2D eigenvalue weighted by Crippen LogP contribution is 2.25. The SMILES string of the molecule is O=CC=CN1CCC(Nc2cncc(-c3cnc(Oc4cccc(OC(F)F)c4)nc3)n2)CC1. The molecule has 4 rings (SSSR count). The Hall–Kier alpha value is -4.15. The van der Waals surface area contributed by atoms with E-state index in [1.165, 1.54) is 24.3 Å². The maximum atomic E-state index is 12.4. The zero-order valence-corrected chi connectivity index (χ0v) is 18.1. The molecule has 0 aliphatic carbocycles. The number of hydrogen-bond donors (Lipinski definition) is 1. The number of likely N-dealkylation sites (tertiary alicyclic amines) is 1. The highest BCUT2D eigenvalue weighted by Gasteiger charge is 2.17. The van der Waals surface area contributed by atoms with Crippen molar-refractivity contribution in [1.82, 2.24) is 24.8 Å². The largest absolute Gasteiger partial charge is 0.435 e. The molecule has 0 radical (unpaired) electrons. The summed E-state index contributed by atoms with van der Waals surface area (Å²) in [7, 11) is 0. The van der Waals surface area contributed by atoms with Gasteiger partial charge in [0.15, 0.2) is 0 Å². The van der Waals surface area contributed by atoms with Crippen LogP contribution < -0.4 is 14.8 Å². The Kier molecular flexibility index (Phi) is 7.53. The molecule has 3 aromatic rings. The predicted octanol–water partition coefficient (Wildman–Crippen LogP) is 3.92. The van der Waals surface area contributed by atoms with E-state index in [4.69, 9.17) is 4.74 Å². The van der Waals surface area contributed by atoms with Gasteiger partial charge in [-0.05, 0) is 31.1 Å². The highest BCUT2D eigenvalue weighted by molar-refractivity contribution is 5.64. The van der Waals surface area contributed by atoms with Crippen molar-refractivity contribution in [1.29, 1.82) is 0 Å². The van der Waals surface area contributed by atoms with Crippen LogP contribution in [0, 0.1) is 0 Å². The molecular weight excluding hydrogens is 446 g/mol. The minimum atomic E-state index is -2.92. The number of aldehydes is 1. The second-order valence-corrected chi connectivity index (χ2v) is 7.43. The number of nitrogens with zero attached hydrogens (tertiary/aromatic N) is 5. The number of nitrogens with one attached hydrogen (secondary N) is 1. The van der Waals surface area contributed by atoms with Crippen LogP contribution in [0.3, 0.4) is 0 Å². The molecule has 1 aliphatic heterocycles. The molecule has 0 atom stereocenters. The molecule has 1 fully saturated rings. The molecule has 0 spiro atoms. The Bertz CT molecular complexity index is 1120. The summed E-state index contributed by atoms with van der Waals surface area (Å²) in [6.45, 7) is -1.22. The molecule has 0 saturated carbocycles. The summed E-state index contributed by atoms with van der Waals surface area (Å²) in [5, 5.41) is 3.41. The van der Waals surface area contributed by atoms with Gasteiger partial charge >= 0.3 is 12.6 Å². The molecule has 11 heteroatoms. The summed E-state index contributed by atoms with van der Waals surface area (Å²) < 4.78 is 34.7. The van der Waals surface area contributed by atoms with Gasteiger partial charge in [0, 0.05) is 49.4 Å². The van der Waals surface area contributed by atoms with Crippen molar-refractivity contribution in [2.75, 3.05) is 18.4 Å². The van der Waals surface area contributed by atoms with Crippen molar-refractivity contribution in [3.8, 4) is 28.8 Å². The third-order valence-electron chi connectivity index (χ3n) is 5.06. The molecule has 34 heavy (non-hydrogen) atoms. The van der Waals surface area contributed by atoms with Gasteiger partial charge in [-0.15, -0.1) is 0 Å². The van der Waals surface area contributed by atoms with Gasteiger partial charge in [0.2, 0.25) is 0 Å². The number of benzene rings is 1. The fourth-order valence-electron chi connectivity index (χ4n) is 3.45. The Balaban J connectivity index is 1.36. The molecule has 1 N–H and O–H groups in total. The number of ether oxygens (including phenoxy) is 2. The van der Waals surface area contributed by atoms with Crippen LogP contribution in [0.5, 0.6) is 17.5 Å². The third kappa shape index (κ3) is 6.44. The van der Waals surface area contributed by atoms with E-state index in [0.717, 1.165) is 32.2 Å². The first kappa shape index (κ1) is 23.0. The van der Waals surface area contributed by atoms with E-state index in [1.807, 2.05) is 6.20 Å². The minimum absolute atomic E-state index is 0.0215. The van der Waals surface area contributed by atoms with Crippen molar-refractivity contribution < 1.29 is 23.0 Å². The molecule has 3 heterocycles. The van der Waals surface area contributed by atoms with E-state index in [2.05, 4.69) is 34.9 Å². The monoisotopic (exact) mass is 468 g/mol. The smallest absolute Gasteiger partial charge is 0.387 e. The number of carbonyl (C=O) groups is 1. The standard InChI is InChI=1S/C23H22F2N6O3/c24-22(25)33-18-3-1-4-19(11-18)34-23-27-12-16(13-28-23)20-14-26-15-21(30-20)29-17-5-8-31(9-6-17)7-2-10-32/h1-4,7,10-15,17,22H,5-6,8-9H2,(H,29,30). The number of carbonyl (C=O) groups excluding carboxylic acids is 1. The number of aromatic nitrogens is 4. The summed E-state index contributed by atoms with van der Waals surface area (Å²) >= 11 is 0. The van der Waals surface area contributed by atoms with Crippen LogP contribution in [-0.2, 0) is 4.79 Å². The Labute approximate surface area is 194 Å². The van der Waals surface area contributed by atoms with Gasteiger partial charge in [0.1, 0.15) is 23.6 Å². The topological polar surface area (TPSA) is 102 Å². The van der Waals surface area contributed by atoms with E-state index in [1.54, 1.807) is 30.9 Å². The molecule has 176 valence electrons. The molecular formula is C23H22F2N6O3. The molecule has 0 amide bonds. The van der Waals surface area contributed by atoms with Gasteiger partial charge in [-0.2, -0.15) is 8.78 Å². The van der Waals surface area contributed by atoms with Crippen molar-refractivity contribution in [2.45, 2.75) is 25.5 Å². The molecule has 2 aromatic heterocycles. The van der Waals surface area contributed by atoms with E-state index >= 15 is 0 Å². The molecule has 0 bridgehead atoms. The highest BCUT2D eigenvalue weighted by atomic mass is 19.3. The summed E-state index contributed by atoms with van der Waals surface area (Å²) in [6.07, 6.45) is 12.3. The third-order valence-corrected chi connectivity index (χ3v) is 5.06. The zero-order chi connectivity index (χ0) is 23.8. The average Bonchev–Trinajstić information content (AvgIpc) is 2.84. The number of anilines is 1. The number of alkyl halides is 2. The summed E-state index contributed by atoms with van der Waals surface area (Å²) in [4.78, 5) is 29.8. The molecule has 0 unspecified atom stereocenters. The summed E-state index contributed by atoms with van der Waals surface area (Å²) in [5.74, 6) is 0.895. The zero-order valence-electron chi connectivity index (χ0n) is 18.1. The lowest BCUT2D eigenvalue weighted by atomic mass is 10.1. The normalized spacial score (nSPS) is 14.4. The Morgan fingerprint density at radius 3 is 2.59 bits per heavy atom. The van der Waals surface area contributed by atoms with E-state index in [-0.39, 0.29) is 23.6 Å². The minimum Gasteiger partial charge on any atom is -0.435 e. The Morgan fingerprint density at radius 1 is 1.09 bits per heavy atom. The molecule has 9 nitrogen and oxygen atoms in total. The van der Waals surface area contributed by atoms with Crippen LogP contribution in [0.25, 0.3) is 11.3 Å². The maximum absolute atomic E-state index is 12.4. The van der Waals surface area contributed by atoms with Crippen LogP contribution in [0.15, 0.2) is 61.3 Å². The number of halogens is 2. The lowest BCUT2D eigenvalue weighted by molar-refractivity contribution is -0.104. The van der Waals surface area contributed by atoms with Crippen LogP contribution in [0.4, 0.5) is 14.6 Å². The summed E-state index contributed by atoms with van der Waals surface area (Å²) in [6, 6.07) is 6.14. The van der Waals surface area contributed by atoms with Crippen LogP contribution in [-0.4, -0.2) is 56.9 Å². The van der Waals surface area contributed by atoms with Gasteiger partial charge in [0.05, 0.1) is 18.1 Å². The lowest BCUT2D eigenvalue weighted by Crippen LogP contribution is -2.36. The second kappa shape index (κ2) is 11.1. The van der Waals surface area contributed by atoms with Crippen LogP contribution in [0.2, 0.25) is 0 Å². The molecule has 1 aliphatic rings. The maximum Gasteiger partial charge on any atom is 0.387 e. The number of rotatable bonds is 9. The van der Waals surface area contributed by atoms with E-state index < -0.39 is 6.61 Å². The fraction of sp³-hybridized carbons (Fsp3) is 0.261. The fourth-order valence-corrected chi connectivity index (χ4v) is 3.45. The van der Waals surface area contributed by atoms with E-state index in [9.17, 15) is 13.6 Å². The quantitative estimate of drug-likeness (QED) is 0.370. The summed E-state index contributed by atoms with van der Waals surface area (Å²) in [5.41, 5.74) is 1.24.